The number of hydrogen-bond donors (Lipinski definition) is 1. The molecule has 0 bridgehead atoms. The Morgan fingerprint density at radius 3 is 2.82 bits per heavy atom. The molecule has 1 aliphatic heterocycles. The highest BCUT2D eigenvalue weighted by Gasteiger charge is 2.26. The van der Waals surface area contributed by atoms with Gasteiger partial charge in [-0.05, 0) is 38.1 Å². The van der Waals surface area contributed by atoms with Gasteiger partial charge >= 0.3 is 0 Å². The Morgan fingerprint density at radius 1 is 1.45 bits per heavy atom. The van der Waals surface area contributed by atoms with Gasteiger partial charge in [-0.15, -0.1) is 0 Å². The normalized spacial score (nSPS) is 19.2. The molecule has 7 heteroatoms. The average molecular weight is 326 g/mol. The predicted molar refractivity (Wildman–Crippen MR) is 83.4 cm³/mol. The number of hydrogen-bond acceptors (Lipinski definition) is 4. The summed E-state index contributed by atoms with van der Waals surface area (Å²) in [4.78, 5) is 14.5. The van der Waals surface area contributed by atoms with Crippen LogP contribution in [0.2, 0.25) is 0 Å². The highest BCUT2D eigenvalue weighted by molar-refractivity contribution is 7.89. The summed E-state index contributed by atoms with van der Waals surface area (Å²) < 4.78 is 31.6. The van der Waals surface area contributed by atoms with Gasteiger partial charge in [-0.2, -0.15) is 0 Å². The van der Waals surface area contributed by atoms with Gasteiger partial charge in [0.1, 0.15) is 0 Å². The van der Waals surface area contributed by atoms with Gasteiger partial charge in [0.15, 0.2) is 0 Å². The van der Waals surface area contributed by atoms with Crippen molar-refractivity contribution in [1.29, 1.82) is 0 Å². The van der Waals surface area contributed by atoms with Crippen LogP contribution in [0, 0.1) is 6.92 Å². The lowest BCUT2D eigenvalue weighted by Crippen LogP contribution is -2.45. The smallest absolute Gasteiger partial charge is 0.254 e. The van der Waals surface area contributed by atoms with Crippen LogP contribution in [0.3, 0.4) is 0 Å². The highest BCUT2D eigenvalue weighted by atomic mass is 32.2. The second-order valence-electron chi connectivity index (χ2n) is 5.34. The van der Waals surface area contributed by atoms with Crippen molar-refractivity contribution in [3.8, 4) is 0 Å². The monoisotopic (exact) mass is 326 g/mol. The number of ether oxygens (including phenoxy) is 1. The van der Waals surface area contributed by atoms with Crippen molar-refractivity contribution < 1.29 is 17.9 Å². The Labute approximate surface area is 131 Å². The van der Waals surface area contributed by atoms with Gasteiger partial charge in [-0.1, -0.05) is 13.0 Å². The lowest BCUT2D eigenvalue weighted by molar-refractivity contribution is -0.0226. The maximum Gasteiger partial charge on any atom is 0.254 e. The van der Waals surface area contributed by atoms with E-state index in [1.165, 1.54) is 19.2 Å². The van der Waals surface area contributed by atoms with E-state index in [2.05, 4.69) is 4.72 Å². The Kier molecular flexibility index (Phi) is 5.20. The van der Waals surface area contributed by atoms with Gasteiger partial charge in [0.2, 0.25) is 10.0 Å². The summed E-state index contributed by atoms with van der Waals surface area (Å²) in [6.07, 6.45) is 0.888. The van der Waals surface area contributed by atoms with Crippen LogP contribution in [-0.4, -0.2) is 52.1 Å². The van der Waals surface area contributed by atoms with Gasteiger partial charge in [0, 0.05) is 18.7 Å². The number of benzene rings is 1. The zero-order chi connectivity index (χ0) is 16.3. The van der Waals surface area contributed by atoms with Crippen molar-refractivity contribution in [2.24, 2.45) is 0 Å². The number of nitrogens with zero attached hydrogens (tertiary/aromatic N) is 1. The van der Waals surface area contributed by atoms with Crippen LogP contribution < -0.4 is 4.72 Å². The van der Waals surface area contributed by atoms with Crippen molar-refractivity contribution in [2.45, 2.75) is 31.3 Å². The maximum atomic E-state index is 12.7. The molecule has 1 aromatic carbocycles. The summed E-state index contributed by atoms with van der Waals surface area (Å²) in [5, 5.41) is 0. The van der Waals surface area contributed by atoms with Gasteiger partial charge < -0.3 is 9.64 Å². The van der Waals surface area contributed by atoms with Crippen LogP contribution in [0.25, 0.3) is 0 Å². The Bertz CT molecular complexity index is 658. The first-order valence-corrected chi connectivity index (χ1v) is 8.82. The van der Waals surface area contributed by atoms with Crippen LogP contribution in [0.5, 0.6) is 0 Å². The molecule has 1 aliphatic rings. The quantitative estimate of drug-likeness (QED) is 0.901. The predicted octanol–water partition coefficient (Wildman–Crippen LogP) is 1.15. The number of carbonyl (C=O) groups is 1. The molecule has 0 aromatic heterocycles. The van der Waals surface area contributed by atoms with Gasteiger partial charge in [0.25, 0.3) is 5.91 Å². The van der Waals surface area contributed by atoms with Gasteiger partial charge in [0.05, 0.1) is 17.6 Å². The van der Waals surface area contributed by atoms with Crippen molar-refractivity contribution in [3.63, 3.8) is 0 Å². The molecule has 1 heterocycles. The minimum absolute atomic E-state index is 0.0437. The molecule has 2 rings (SSSR count). The first-order chi connectivity index (χ1) is 10.4. The zero-order valence-electron chi connectivity index (χ0n) is 13.1. The fourth-order valence-electron chi connectivity index (χ4n) is 2.44. The van der Waals surface area contributed by atoms with E-state index >= 15 is 0 Å². The molecule has 22 heavy (non-hydrogen) atoms. The van der Waals surface area contributed by atoms with E-state index in [1.807, 2.05) is 6.92 Å². The molecule has 122 valence electrons. The van der Waals surface area contributed by atoms with Gasteiger partial charge in [-0.3, -0.25) is 4.79 Å². The van der Waals surface area contributed by atoms with Crippen LogP contribution in [-0.2, 0) is 14.8 Å². The molecule has 0 aliphatic carbocycles. The van der Waals surface area contributed by atoms with E-state index in [9.17, 15) is 13.2 Å². The van der Waals surface area contributed by atoms with E-state index < -0.39 is 10.0 Å². The number of nitrogens with one attached hydrogen (secondary N) is 1. The lowest BCUT2D eigenvalue weighted by Gasteiger charge is -2.33. The average Bonchev–Trinajstić information content (AvgIpc) is 2.54. The molecule has 0 saturated carbocycles. The fraction of sp³-hybridized carbons (Fsp3) is 0.533. The first-order valence-electron chi connectivity index (χ1n) is 7.34. The van der Waals surface area contributed by atoms with E-state index in [4.69, 9.17) is 4.74 Å². The summed E-state index contributed by atoms with van der Waals surface area (Å²) >= 11 is 0. The van der Waals surface area contributed by atoms with Crippen LogP contribution >= 0.6 is 0 Å². The maximum absolute atomic E-state index is 12.7. The summed E-state index contributed by atoms with van der Waals surface area (Å²) in [7, 11) is -2.21. The minimum Gasteiger partial charge on any atom is -0.375 e. The van der Waals surface area contributed by atoms with E-state index in [0.29, 0.717) is 25.3 Å². The summed E-state index contributed by atoms with van der Waals surface area (Å²) in [6.45, 7) is 5.40. The second kappa shape index (κ2) is 6.76. The van der Waals surface area contributed by atoms with Crippen molar-refractivity contribution in [3.05, 3.63) is 29.3 Å². The third-order valence-electron chi connectivity index (χ3n) is 3.90. The van der Waals surface area contributed by atoms with Crippen LogP contribution in [0.1, 0.15) is 29.3 Å². The van der Waals surface area contributed by atoms with E-state index in [-0.39, 0.29) is 16.9 Å². The van der Waals surface area contributed by atoms with Crippen LogP contribution in [0.4, 0.5) is 0 Å². The molecule has 1 N–H and O–H groups in total. The summed E-state index contributed by atoms with van der Waals surface area (Å²) in [5.74, 6) is -0.146. The molecular formula is C15H22N2O4S. The van der Waals surface area contributed by atoms with Crippen molar-refractivity contribution in [1.82, 2.24) is 9.62 Å². The molecule has 0 spiro atoms. The lowest BCUT2D eigenvalue weighted by atomic mass is 10.1. The molecule has 1 unspecified atom stereocenters. The van der Waals surface area contributed by atoms with Crippen LogP contribution in [0.15, 0.2) is 23.1 Å². The molecule has 1 amide bonds. The number of aryl methyl sites for hydroxylation is 1. The molecule has 1 atom stereocenters. The third kappa shape index (κ3) is 3.48. The minimum atomic E-state index is -3.56. The number of rotatable bonds is 4. The standard InChI is InChI=1S/C15H22N2O4S/c1-4-12-10-17(7-8-21-12)15(18)14-9-13(6-5-11(14)2)22(19,20)16-3/h5-6,9,12,16H,4,7-8,10H2,1-3H3. The number of morpholine rings is 1. The molecule has 1 saturated heterocycles. The molecule has 1 aromatic rings. The molecule has 1 fully saturated rings. The Hall–Kier alpha value is -1.44. The highest BCUT2D eigenvalue weighted by Crippen LogP contribution is 2.19. The third-order valence-corrected chi connectivity index (χ3v) is 5.31. The summed E-state index contributed by atoms with van der Waals surface area (Å²) in [6, 6.07) is 4.61. The number of sulfonamides is 1. The number of amides is 1. The molecule has 0 radical (unpaired) electrons. The Morgan fingerprint density at radius 2 is 2.18 bits per heavy atom. The second-order valence-corrected chi connectivity index (χ2v) is 7.22. The largest absolute Gasteiger partial charge is 0.375 e. The molecule has 6 nitrogen and oxygen atoms in total. The number of carbonyl (C=O) groups excluding carboxylic acids is 1. The topological polar surface area (TPSA) is 75.7 Å². The Balaban J connectivity index is 2.31. The fourth-order valence-corrected chi connectivity index (χ4v) is 3.19. The van der Waals surface area contributed by atoms with Crippen molar-refractivity contribution >= 4 is 15.9 Å². The molecular weight excluding hydrogens is 304 g/mol. The SMILES string of the molecule is CCC1CN(C(=O)c2cc(S(=O)(=O)NC)ccc2C)CCO1. The zero-order valence-corrected chi connectivity index (χ0v) is 13.9. The van der Waals surface area contributed by atoms with E-state index in [0.717, 1.165) is 12.0 Å². The first kappa shape index (κ1) is 16.9. The summed E-state index contributed by atoms with van der Waals surface area (Å²) in [5.41, 5.74) is 1.19. The van der Waals surface area contributed by atoms with Gasteiger partial charge in [-0.25, -0.2) is 13.1 Å². The van der Waals surface area contributed by atoms with E-state index in [1.54, 1.807) is 17.9 Å². The van der Waals surface area contributed by atoms with Crippen molar-refractivity contribution in [2.75, 3.05) is 26.7 Å².